The number of aryl methyl sites for hydroxylation is 2. The van der Waals surface area contributed by atoms with Crippen LogP contribution < -0.4 is 10.2 Å². The first-order valence-electron chi connectivity index (χ1n) is 7.84. The van der Waals surface area contributed by atoms with Crippen molar-refractivity contribution in [3.8, 4) is 0 Å². The van der Waals surface area contributed by atoms with E-state index in [1.54, 1.807) is 18.2 Å². The lowest BCUT2D eigenvalue weighted by Crippen LogP contribution is -2.35. The van der Waals surface area contributed by atoms with E-state index in [0.29, 0.717) is 10.7 Å². The first-order valence-corrected chi connectivity index (χ1v) is 8.22. The minimum atomic E-state index is -0.558. The third-order valence-corrected chi connectivity index (χ3v) is 4.75. The van der Waals surface area contributed by atoms with Gasteiger partial charge in [0.25, 0.3) is 5.91 Å². The maximum absolute atomic E-state index is 12.8. The molecule has 1 aliphatic heterocycles. The second-order valence-corrected chi connectivity index (χ2v) is 6.58. The van der Waals surface area contributed by atoms with Gasteiger partial charge in [-0.15, -0.1) is 0 Å². The fourth-order valence-corrected chi connectivity index (χ4v) is 3.17. The third kappa shape index (κ3) is 2.89. The summed E-state index contributed by atoms with van der Waals surface area (Å²) in [5.74, 6) is -0.460. The van der Waals surface area contributed by atoms with Crippen LogP contribution in [0.5, 0.6) is 0 Å². The van der Waals surface area contributed by atoms with Crippen molar-refractivity contribution in [3.05, 3.63) is 58.1 Å². The Morgan fingerprint density at radius 2 is 1.88 bits per heavy atom. The van der Waals surface area contributed by atoms with E-state index in [4.69, 9.17) is 11.6 Å². The van der Waals surface area contributed by atoms with Crippen LogP contribution >= 0.6 is 11.6 Å². The summed E-state index contributed by atoms with van der Waals surface area (Å²) in [4.78, 5) is 26.4. The molecule has 5 heteroatoms. The molecule has 1 saturated heterocycles. The van der Waals surface area contributed by atoms with Crippen molar-refractivity contribution >= 4 is 34.8 Å². The van der Waals surface area contributed by atoms with Gasteiger partial charge in [-0.3, -0.25) is 9.59 Å². The predicted molar refractivity (Wildman–Crippen MR) is 96.6 cm³/mol. The molecule has 4 nitrogen and oxygen atoms in total. The molecule has 0 aliphatic carbocycles. The fourth-order valence-electron chi connectivity index (χ4n) is 3.00. The second kappa shape index (κ2) is 6.29. The summed E-state index contributed by atoms with van der Waals surface area (Å²) in [6.45, 7) is 5.81. The van der Waals surface area contributed by atoms with Gasteiger partial charge in [-0.05, 0) is 50.1 Å². The number of nitrogens with one attached hydrogen (secondary N) is 1. The molecule has 2 aromatic rings. The number of benzene rings is 2. The smallest absolute Gasteiger partial charge is 0.256 e. The summed E-state index contributed by atoms with van der Waals surface area (Å²) in [5.41, 5.74) is 4.36. The second-order valence-electron chi connectivity index (χ2n) is 6.17. The third-order valence-electron chi connectivity index (χ3n) is 4.34. The summed E-state index contributed by atoms with van der Waals surface area (Å²) in [7, 11) is 0. The van der Waals surface area contributed by atoms with Crippen LogP contribution in [-0.2, 0) is 9.59 Å². The SMILES string of the molecule is Cc1ccc(NC2CC(=O)N(c3cccc(Cl)c3C)C2=O)c(C)c1. The van der Waals surface area contributed by atoms with E-state index in [9.17, 15) is 9.59 Å². The molecule has 0 aromatic heterocycles. The average Bonchev–Trinajstić information content (AvgIpc) is 2.80. The lowest BCUT2D eigenvalue weighted by atomic mass is 10.1. The molecule has 0 radical (unpaired) electrons. The van der Waals surface area contributed by atoms with Crippen LogP contribution in [0.15, 0.2) is 36.4 Å². The van der Waals surface area contributed by atoms with E-state index in [0.717, 1.165) is 22.4 Å². The Bertz CT molecular complexity index is 832. The van der Waals surface area contributed by atoms with Crippen molar-refractivity contribution in [1.82, 2.24) is 0 Å². The van der Waals surface area contributed by atoms with E-state index in [2.05, 4.69) is 5.32 Å². The van der Waals surface area contributed by atoms with Gasteiger partial charge in [0.05, 0.1) is 12.1 Å². The highest BCUT2D eigenvalue weighted by Gasteiger charge is 2.40. The van der Waals surface area contributed by atoms with Crippen molar-refractivity contribution in [1.29, 1.82) is 0 Å². The Morgan fingerprint density at radius 1 is 1.12 bits per heavy atom. The zero-order valence-electron chi connectivity index (χ0n) is 13.9. The number of rotatable bonds is 3. The van der Waals surface area contributed by atoms with Crippen molar-refractivity contribution in [2.24, 2.45) is 0 Å². The van der Waals surface area contributed by atoms with Gasteiger partial charge in [-0.2, -0.15) is 0 Å². The molecule has 0 saturated carbocycles. The van der Waals surface area contributed by atoms with Gasteiger partial charge >= 0.3 is 0 Å². The predicted octanol–water partition coefficient (Wildman–Crippen LogP) is 4.01. The highest BCUT2D eigenvalue weighted by Crippen LogP contribution is 2.31. The molecule has 1 heterocycles. The molecule has 1 fully saturated rings. The first kappa shape index (κ1) is 16.5. The minimum absolute atomic E-state index is 0.137. The fraction of sp³-hybridized carbons (Fsp3) is 0.263. The number of halogens is 1. The van der Waals surface area contributed by atoms with Crippen LogP contribution in [0.3, 0.4) is 0 Å². The maximum Gasteiger partial charge on any atom is 0.256 e. The number of imide groups is 1. The number of amides is 2. The standard InChI is InChI=1S/C19H19ClN2O2/c1-11-7-8-15(12(2)9-11)21-16-10-18(23)22(19(16)24)17-6-4-5-14(20)13(17)3/h4-9,16,21H,10H2,1-3H3. The van der Waals surface area contributed by atoms with Gasteiger partial charge in [-0.1, -0.05) is 35.4 Å². The van der Waals surface area contributed by atoms with Gasteiger partial charge in [0.1, 0.15) is 6.04 Å². The monoisotopic (exact) mass is 342 g/mol. The molecule has 2 amide bonds. The highest BCUT2D eigenvalue weighted by atomic mass is 35.5. The zero-order chi connectivity index (χ0) is 17.4. The lowest BCUT2D eigenvalue weighted by molar-refractivity contribution is -0.121. The van der Waals surface area contributed by atoms with E-state index < -0.39 is 6.04 Å². The Labute approximate surface area is 146 Å². The van der Waals surface area contributed by atoms with Crippen molar-refractivity contribution < 1.29 is 9.59 Å². The largest absolute Gasteiger partial charge is 0.373 e. The van der Waals surface area contributed by atoms with E-state index in [-0.39, 0.29) is 18.2 Å². The van der Waals surface area contributed by atoms with Gasteiger partial charge in [0.2, 0.25) is 5.91 Å². The van der Waals surface area contributed by atoms with Crippen molar-refractivity contribution in [2.75, 3.05) is 10.2 Å². The molecule has 0 bridgehead atoms. The molecular weight excluding hydrogens is 324 g/mol. The molecule has 1 unspecified atom stereocenters. The molecule has 0 spiro atoms. The Kier molecular flexibility index (Phi) is 4.33. The molecule has 24 heavy (non-hydrogen) atoms. The number of nitrogens with zero attached hydrogens (tertiary/aromatic N) is 1. The normalized spacial score (nSPS) is 17.5. The Hall–Kier alpha value is -2.33. The number of carbonyl (C=O) groups excluding carboxylic acids is 2. The average molecular weight is 343 g/mol. The molecule has 1 N–H and O–H groups in total. The Morgan fingerprint density at radius 3 is 2.58 bits per heavy atom. The summed E-state index contributed by atoms with van der Waals surface area (Å²) in [5, 5.41) is 3.75. The topological polar surface area (TPSA) is 49.4 Å². The first-order chi connectivity index (χ1) is 11.4. The summed E-state index contributed by atoms with van der Waals surface area (Å²) in [6, 6.07) is 10.6. The summed E-state index contributed by atoms with van der Waals surface area (Å²) >= 11 is 6.12. The zero-order valence-corrected chi connectivity index (χ0v) is 14.6. The Balaban J connectivity index is 1.88. The quantitative estimate of drug-likeness (QED) is 0.857. The van der Waals surface area contributed by atoms with E-state index in [1.807, 2.05) is 39.0 Å². The van der Waals surface area contributed by atoms with Crippen LogP contribution in [0.25, 0.3) is 0 Å². The molecule has 2 aromatic carbocycles. The van der Waals surface area contributed by atoms with Gasteiger partial charge in [0, 0.05) is 10.7 Å². The molecule has 1 aliphatic rings. The van der Waals surface area contributed by atoms with E-state index in [1.165, 1.54) is 4.90 Å². The molecule has 3 rings (SSSR count). The van der Waals surface area contributed by atoms with Crippen molar-refractivity contribution in [2.45, 2.75) is 33.2 Å². The number of carbonyl (C=O) groups is 2. The maximum atomic E-state index is 12.8. The number of hydrogen-bond acceptors (Lipinski definition) is 3. The molecule has 1 atom stereocenters. The molecular formula is C19H19ClN2O2. The van der Waals surface area contributed by atoms with Gasteiger partial charge < -0.3 is 5.32 Å². The van der Waals surface area contributed by atoms with Crippen molar-refractivity contribution in [3.63, 3.8) is 0 Å². The lowest BCUT2D eigenvalue weighted by Gasteiger charge is -2.19. The van der Waals surface area contributed by atoms with Gasteiger partial charge in [0.15, 0.2) is 0 Å². The highest BCUT2D eigenvalue weighted by molar-refractivity contribution is 6.32. The van der Waals surface area contributed by atoms with E-state index >= 15 is 0 Å². The van der Waals surface area contributed by atoms with Crippen LogP contribution in [0.1, 0.15) is 23.1 Å². The van der Waals surface area contributed by atoms with Crippen LogP contribution in [0, 0.1) is 20.8 Å². The van der Waals surface area contributed by atoms with Gasteiger partial charge in [-0.25, -0.2) is 4.90 Å². The van der Waals surface area contributed by atoms with Crippen LogP contribution in [0.2, 0.25) is 5.02 Å². The van der Waals surface area contributed by atoms with Crippen LogP contribution in [-0.4, -0.2) is 17.9 Å². The summed E-state index contributed by atoms with van der Waals surface area (Å²) in [6.07, 6.45) is 0.137. The minimum Gasteiger partial charge on any atom is -0.373 e. The molecule has 124 valence electrons. The summed E-state index contributed by atoms with van der Waals surface area (Å²) < 4.78 is 0. The van der Waals surface area contributed by atoms with Crippen LogP contribution in [0.4, 0.5) is 11.4 Å². The number of anilines is 2. The number of hydrogen-bond donors (Lipinski definition) is 1.